The first kappa shape index (κ1) is 26.6. The van der Waals surface area contributed by atoms with Crippen molar-refractivity contribution in [2.75, 3.05) is 58.4 Å². The number of methoxy groups -OCH3 is 1. The van der Waals surface area contributed by atoms with Gasteiger partial charge >= 0.3 is 5.97 Å². The maximum atomic E-state index is 13.0. The lowest BCUT2D eigenvalue weighted by Gasteiger charge is -2.20. The minimum atomic E-state index is -3.97. The molecule has 0 bridgehead atoms. The summed E-state index contributed by atoms with van der Waals surface area (Å²) in [7, 11) is -2.75. The summed E-state index contributed by atoms with van der Waals surface area (Å²) in [5, 5.41) is 31.8. The highest BCUT2D eigenvalue weighted by molar-refractivity contribution is 7.89. The third-order valence-corrected chi connectivity index (χ3v) is 7.90. The van der Waals surface area contributed by atoms with Crippen LogP contribution < -0.4 is 5.32 Å². The van der Waals surface area contributed by atoms with Gasteiger partial charge in [0.1, 0.15) is 16.9 Å². The maximum Gasteiger partial charge on any atom is 0.337 e. The second kappa shape index (κ2) is 10.9. The van der Waals surface area contributed by atoms with Crippen LogP contribution in [0.5, 0.6) is 0 Å². The Morgan fingerprint density at radius 2 is 1.78 bits per heavy atom. The van der Waals surface area contributed by atoms with Crippen LogP contribution in [-0.4, -0.2) is 97.9 Å². The van der Waals surface area contributed by atoms with E-state index in [9.17, 15) is 33.3 Å². The van der Waals surface area contributed by atoms with Gasteiger partial charge in [0.2, 0.25) is 10.0 Å². The molecule has 37 heavy (non-hydrogen) atoms. The van der Waals surface area contributed by atoms with Crippen LogP contribution >= 0.6 is 0 Å². The van der Waals surface area contributed by atoms with Gasteiger partial charge in [-0.1, -0.05) is 0 Å². The van der Waals surface area contributed by atoms with Crippen LogP contribution in [0.4, 0.5) is 5.69 Å². The molecule has 1 amide bonds. The van der Waals surface area contributed by atoms with E-state index in [4.69, 9.17) is 9.15 Å². The number of ether oxygens (including phenoxy) is 1. The molecular formula is C24H27N3O9S. The highest BCUT2D eigenvalue weighted by Gasteiger charge is 2.34. The highest BCUT2D eigenvalue weighted by Crippen LogP contribution is 2.33. The minimum absolute atomic E-state index is 0.00210. The molecule has 0 saturated carbocycles. The zero-order valence-electron chi connectivity index (χ0n) is 20.0. The topological polar surface area (TPSA) is 170 Å². The predicted octanol–water partition coefficient (Wildman–Crippen LogP) is 0.235. The number of aliphatic hydroxyl groups is 3. The van der Waals surface area contributed by atoms with Crippen molar-refractivity contribution in [2.24, 2.45) is 0 Å². The van der Waals surface area contributed by atoms with Gasteiger partial charge in [0.15, 0.2) is 0 Å². The number of amides is 1. The number of anilines is 1. The Balaban J connectivity index is 1.70. The third-order valence-electron chi connectivity index (χ3n) is 6.00. The first-order chi connectivity index (χ1) is 17.7. The number of aliphatic hydroxyl groups excluding tert-OH is 3. The molecular weight excluding hydrogens is 506 g/mol. The molecule has 13 heteroatoms. The van der Waals surface area contributed by atoms with Gasteiger partial charge in [-0.05, 0) is 30.3 Å². The number of nitrogens with zero attached hydrogens (tertiary/aromatic N) is 2. The molecule has 12 nitrogen and oxygen atoms in total. The van der Waals surface area contributed by atoms with Crippen molar-refractivity contribution in [3.8, 4) is 0 Å². The summed E-state index contributed by atoms with van der Waals surface area (Å²) < 4.78 is 37.8. The van der Waals surface area contributed by atoms with E-state index < -0.39 is 21.9 Å². The quantitative estimate of drug-likeness (QED) is 0.250. The summed E-state index contributed by atoms with van der Waals surface area (Å²) in [6.45, 7) is -1.27. The molecule has 0 fully saturated rings. The number of furan rings is 1. The largest absolute Gasteiger partial charge is 0.466 e. The minimum Gasteiger partial charge on any atom is -0.466 e. The van der Waals surface area contributed by atoms with Crippen molar-refractivity contribution in [2.45, 2.75) is 4.90 Å². The van der Waals surface area contributed by atoms with E-state index in [2.05, 4.69) is 5.32 Å². The van der Waals surface area contributed by atoms with Crippen molar-refractivity contribution in [3.05, 3.63) is 47.7 Å². The second-order valence-corrected chi connectivity index (χ2v) is 10.2. The van der Waals surface area contributed by atoms with Gasteiger partial charge in [-0.2, -0.15) is 4.31 Å². The Morgan fingerprint density at radius 3 is 2.43 bits per heavy atom. The van der Waals surface area contributed by atoms with Gasteiger partial charge in [0.25, 0.3) is 5.91 Å². The average Bonchev–Trinajstić information content (AvgIpc) is 3.40. The normalized spacial score (nSPS) is 14.4. The van der Waals surface area contributed by atoms with Gasteiger partial charge in [0.05, 0.1) is 43.9 Å². The molecule has 4 N–H and O–H groups in total. The molecule has 2 heterocycles. The van der Waals surface area contributed by atoms with E-state index in [1.54, 1.807) is 18.2 Å². The fourth-order valence-electron chi connectivity index (χ4n) is 4.21. The molecule has 4 rings (SSSR count). The summed E-state index contributed by atoms with van der Waals surface area (Å²) >= 11 is 0. The van der Waals surface area contributed by atoms with Crippen LogP contribution in [0, 0.1) is 0 Å². The summed E-state index contributed by atoms with van der Waals surface area (Å²) in [4.78, 5) is 26.3. The fourth-order valence-corrected chi connectivity index (χ4v) is 5.66. The van der Waals surface area contributed by atoms with Crippen LogP contribution in [-0.2, 0) is 24.3 Å². The van der Waals surface area contributed by atoms with Crippen LogP contribution in [0.3, 0.4) is 0 Å². The lowest BCUT2D eigenvalue weighted by Crippen LogP contribution is -2.35. The molecule has 0 spiro atoms. The molecule has 0 unspecified atom stereocenters. The number of hydrogen-bond donors (Lipinski definition) is 4. The van der Waals surface area contributed by atoms with Gasteiger partial charge in [0, 0.05) is 42.2 Å². The number of rotatable bonds is 11. The highest BCUT2D eigenvalue weighted by atomic mass is 32.2. The number of carbonyl (C=O) groups is 2. The molecule has 1 aliphatic rings. The Morgan fingerprint density at radius 1 is 1.05 bits per heavy atom. The Hall–Kier alpha value is -3.49. The van der Waals surface area contributed by atoms with E-state index in [1.165, 1.54) is 30.2 Å². The van der Waals surface area contributed by atoms with Gasteiger partial charge in [-0.15, -0.1) is 0 Å². The zero-order valence-corrected chi connectivity index (χ0v) is 20.8. The first-order valence-corrected chi connectivity index (χ1v) is 12.9. The average molecular weight is 534 g/mol. The molecule has 0 aliphatic carbocycles. The Labute approximate surface area is 212 Å². The van der Waals surface area contributed by atoms with Crippen molar-refractivity contribution >= 4 is 49.5 Å². The molecule has 198 valence electrons. The van der Waals surface area contributed by atoms with E-state index in [1.807, 2.05) is 0 Å². The zero-order chi connectivity index (χ0) is 26.7. The van der Waals surface area contributed by atoms with Crippen LogP contribution in [0.15, 0.2) is 57.0 Å². The number of esters is 1. The molecule has 1 aromatic heterocycles. The first-order valence-electron chi connectivity index (χ1n) is 11.4. The fraction of sp³-hybridized carbons (Fsp3) is 0.333. The molecule has 1 aliphatic heterocycles. The Kier molecular flexibility index (Phi) is 7.80. The predicted molar refractivity (Wildman–Crippen MR) is 133 cm³/mol. The molecule has 2 aromatic carbocycles. The van der Waals surface area contributed by atoms with Crippen LogP contribution in [0.1, 0.15) is 0 Å². The monoisotopic (exact) mass is 533 g/mol. The Bertz CT molecular complexity index is 1470. The van der Waals surface area contributed by atoms with Crippen LogP contribution in [0.25, 0.3) is 21.9 Å². The van der Waals surface area contributed by atoms with Crippen LogP contribution in [0.2, 0.25) is 0 Å². The maximum absolute atomic E-state index is 13.0. The van der Waals surface area contributed by atoms with E-state index in [0.717, 1.165) is 4.31 Å². The van der Waals surface area contributed by atoms with Gasteiger partial charge in [-0.3, -0.25) is 4.79 Å². The summed E-state index contributed by atoms with van der Waals surface area (Å²) in [5.74, 6) is -1.12. The number of nitrogens with one attached hydrogen (secondary N) is 1. The van der Waals surface area contributed by atoms with E-state index >= 15 is 0 Å². The second-order valence-electron chi connectivity index (χ2n) is 8.24. The molecule has 3 aromatic rings. The number of carbonyl (C=O) groups excluding carboxylic acids is 2. The summed E-state index contributed by atoms with van der Waals surface area (Å²) in [6.07, 6.45) is 0. The van der Waals surface area contributed by atoms with E-state index in [-0.39, 0.29) is 62.2 Å². The standard InChI is InChI=1S/C24H27N3O9S/c1-35-24(32)19-14-26(6-9-28)23(31)22(19)25-15-2-4-17-18-13-16(3-5-20(18)36-21(17)12-15)37(33,34)27(7-10-29)8-11-30/h2-5,12-13,25,28-30H,6-11,14H2,1H3. The molecule has 0 atom stereocenters. The lowest BCUT2D eigenvalue weighted by atomic mass is 10.1. The van der Waals surface area contributed by atoms with Gasteiger partial charge in [-0.25, -0.2) is 13.2 Å². The number of hydrogen-bond acceptors (Lipinski definition) is 10. The van der Waals surface area contributed by atoms with Crippen molar-refractivity contribution in [3.63, 3.8) is 0 Å². The van der Waals surface area contributed by atoms with E-state index in [0.29, 0.717) is 27.6 Å². The molecule has 0 radical (unpaired) electrons. The number of fused-ring (bicyclic) bond motifs is 3. The SMILES string of the molecule is COC(=O)C1=C(Nc2ccc3c(c2)oc2ccc(S(=O)(=O)N(CCO)CCO)cc23)C(=O)N(CCO)C1. The lowest BCUT2D eigenvalue weighted by molar-refractivity contribution is -0.136. The number of β-amino-alcohol motifs (C(OH)–C–C–N with tert-alkyl or cyclic N) is 1. The van der Waals surface area contributed by atoms with Crippen molar-refractivity contribution in [1.29, 1.82) is 0 Å². The van der Waals surface area contributed by atoms with Gasteiger partial charge < -0.3 is 34.7 Å². The molecule has 0 saturated heterocycles. The smallest absolute Gasteiger partial charge is 0.337 e. The summed E-state index contributed by atoms with van der Waals surface area (Å²) in [6, 6.07) is 9.36. The van der Waals surface area contributed by atoms with Crippen molar-refractivity contribution < 1.29 is 42.5 Å². The summed E-state index contributed by atoms with van der Waals surface area (Å²) in [5.41, 5.74) is 1.47. The third kappa shape index (κ3) is 5.04. The number of benzene rings is 2. The van der Waals surface area contributed by atoms with Crippen molar-refractivity contribution in [1.82, 2.24) is 9.21 Å². The number of sulfonamides is 1.